The molecular formula is C27H22N2O6S. The molecule has 4 aromatic rings. The Bertz CT molecular complexity index is 1520. The fraction of sp³-hybridized carbons (Fsp3) is 0.185. The van der Waals surface area contributed by atoms with Gasteiger partial charge in [0.15, 0.2) is 17.3 Å². The number of aliphatic carboxylic acids is 1. The van der Waals surface area contributed by atoms with Crippen LogP contribution in [0.5, 0.6) is 17.2 Å². The van der Waals surface area contributed by atoms with Crippen LogP contribution in [0.2, 0.25) is 0 Å². The van der Waals surface area contributed by atoms with E-state index in [1.807, 2.05) is 25.1 Å². The standard InChI is InChI=1S/C27H22N2O6S/c1-15-11-16(3-7-22(15)33-2)12-19(26(30)18-5-8-23-24(14-18)35-10-9-34-23)25(27(31)32)17-4-6-20-21(13-17)29-36-28-20/h3-8,11,13-14H,9-10,12H2,1-2H3,(H,31,32). The number of ether oxygens (including phenoxy) is 3. The lowest BCUT2D eigenvalue weighted by atomic mass is 9.89. The van der Waals surface area contributed by atoms with E-state index in [4.69, 9.17) is 14.2 Å². The number of Topliss-reactive ketones (excluding diaryl/α,β-unsaturated/α-hetero) is 1. The summed E-state index contributed by atoms with van der Waals surface area (Å²) in [5, 5.41) is 10.3. The number of aromatic nitrogens is 2. The van der Waals surface area contributed by atoms with Gasteiger partial charge in [0.2, 0.25) is 0 Å². The first kappa shape index (κ1) is 23.5. The van der Waals surface area contributed by atoms with Crippen molar-refractivity contribution in [1.82, 2.24) is 8.75 Å². The van der Waals surface area contributed by atoms with Crippen LogP contribution in [-0.4, -0.2) is 45.9 Å². The first-order chi connectivity index (χ1) is 17.4. The van der Waals surface area contributed by atoms with Gasteiger partial charge in [0.05, 0.1) is 24.4 Å². The van der Waals surface area contributed by atoms with Gasteiger partial charge in [0.25, 0.3) is 0 Å². The van der Waals surface area contributed by atoms with Crippen molar-refractivity contribution < 1.29 is 28.9 Å². The molecule has 1 aliphatic heterocycles. The number of benzene rings is 3. The predicted molar refractivity (Wildman–Crippen MR) is 135 cm³/mol. The number of fused-ring (bicyclic) bond motifs is 2. The Morgan fingerprint density at radius 1 is 0.944 bits per heavy atom. The molecule has 1 N–H and O–H groups in total. The van der Waals surface area contributed by atoms with Gasteiger partial charge in [-0.2, -0.15) is 8.75 Å². The topological polar surface area (TPSA) is 108 Å². The van der Waals surface area contributed by atoms with Crippen molar-refractivity contribution in [3.8, 4) is 17.2 Å². The molecular weight excluding hydrogens is 480 g/mol. The molecule has 0 fully saturated rings. The second-order valence-electron chi connectivity index (χ2n) is 8.29. The van der Waals surface area contributed by atoms with Crippen LogP contribution in [0.3, 0.4) is 0 Å². The summed E-state index contributed by atoms with van der Waals surface area (Å²) < 4.78 is 25.0. The molecule has 0 saturated heterocycles. The third kappa shape index (κ3) is 4.52. The highest BCUT2D eigenvalue weighted by atomic mass is 32.1. The summed E-state index contributed by atoms with van der Waals surface area (Å²) in [5.74, 6) is 0.105. The van der Waals surface area contributed by atoms with E-state index in [0.717, 1.165) is 22.9 Å². The fourth-order valence-electron chi connectivity index (χ4n) is 4.26. The van der Waals surface area contributed by atoms with Gasteiger partial charge in [-0.05, 0) is 60.0 Å². The summed E-state index contributed by atoms with van der Waals surface area (Å²) in [6.07, 6.45) is 0.104. The van der Waals surface area contributed by atoms with Crippen molar-refractivity contribution in [3.05, 3.63) is 82.4 Å². The number of nitrogens with zero attached hydrogens (tertiary/aromatic N) is 2. The molecule has 182 valence electrons. The first-order valence-electron chi connectivity index (χ1n) is 11.2. The number of carboxylic acid groups (broad SMARTS) is 1. The Hall–Kier alpha value is -4.24. The smallest absolute Gasteiger partial charge is 0.336 e. The van der Waals surface area contributed by atoms with Gasteiger partial charge < -0.3 is 19.3 Å². The Kier molecular flexibility index (Phi) is 6.39. The van der Waals surface area contributed by atoms with Gasteiger partial charge in [-0.25, -0.2) is 4.79 Å². The number of ketones is 1. The monoisotopic (exact) mass is 502 g/mol. The summed E-state index contributed by atoms with van der Waals surface area (Å²) in [5.41, 5.74) is 3.66. The minimum atomic E-state index is -1.20. The number of carboxylic acids is 1. The molecule has 0 atom stereocenters. The Morgan fingerprint density at radius 3 is 2.44 bits per heavy atom. The molecule has 5 rings (SSSR count). The maximum atomic E-state index is 13.9. The van der Waals surface area contributed by atoms with Gasteiger partial charge in [0, 0.05) is 17.6 Å². The number of allylic oxidation sites excluding steroid dienone is 1. The molecule has 0 amide bonds. The lowest BCUT2D eigenvalue weighted by Gasteiger charge is -2.19. The molecule has 2 heterocycles. The lowest BCUT2D eigenvalue weighted by Crippen LogP contribution is -2.17. The minimum Gasteiger partial charge on any atom is -0.496 e. The number of carbonyl (C=O) groups is 2. The molecule has 0 radical (unpaired) electrons. The highest BCUT2D eigenvalue weighted by Gasteiger charge is 2.26. The van der Waals surface area contributed by atoms with Crippen LogP contribution in [0.1, 0.15) is 27.0 Å². The minimum absolute atomic E-state index is 0.0849. The van der Waals surface area contributed by atoms with Crippen molar-refractivity contribution in [2.24, 2.45) is 0 Å². The third-order valence-electron chi connectivity index (χ3n) is 5.98. The van der Waals surface area contributed by atoms with Crippen LogP contribution < -0.4 is 14.2 Å². The van der Waals surface area contributed by atoms with Gasteiger partial charge in [-0.15, -0.1) is 0 Å². The van der Waals surface area contributed by atoms with Crippen LogP contribution in [0.15, 0.2) is 60.2 Å². The average Bonchev–Trinajstić information content (AvgIpc) is 3.35. The number of rotatable bonds is 7. The lowest BCUT2D eigenvalue weighted by molar-refractivity contribution is -0.130. The average molecular weight is 503 g/mol. The molecule has 3 aromatic carbocycles. The largest absolute Gasteiger partial charge is 0.496 e. The van der Waals surface area contributed by atoms with E-state index in [-0.39, 0.29) is 17.6 Å². The van der Waals surface area contributed by atoms with E-state index in [9.17, 15) is 14.7 Å². The highest BCUT2D eigenvalue weighted by Crippen LogP contribution is 2.34. The Labute approximate surface area is 211 Å². The van der Waals surface area contributed by atoms with Crippen LogP contribution in [-0.2, 0) is 11.2 Å². The van der Waals surface area contributed by atoms with Gasteiger partial charge in [-0.3, -0.25) is 4.79 Å². The molecule has 36 heavy (non-hydrogen) atoms. The number of carbonyl (C=O) groups excluding carboxylic acids is 1. The second-order valence-corrected chi connectivity index (χ2v) is 8.82. The highest BCUT2D eigenvalue weighted by molar-refractivity contribution is 7.00. The summed E-state index contributed by atoms with van der Waals surface area (Å²) in [6, 6.07) is 15.4. The predicted octanol–water partition coefficient (Wildman–Crippen LogP) is 4.74. The number of aryl methyl sites for hydroxylation is 1. The van der Waals surface area contributed by atoms with Crippen LogP contribution >= 0.6 is 11.7 Å². The Balaban J connectivity index is 1.66. The summed E-state index contributed by atoms with van der Waals surface area (Å²) in [6.45, 7) is 2.70. The molecule has 0 saturated carbocycles. The number of hydrogen-bond acceptors (Lipinski definition) is 8. The zero-order valence-electron chi connectivity index (χ0n) is 19.6. The Morgan fingerprint density at radius 2 is 1.69 bits per heavy atom. The fourth-order valence-corrected chi connectivity index (χ4v) is 4.78. The van der Waals surface area contributed by atoms with Crippen LogP contribution in [0, 0.1) is 6.92 Å². The first-order valence-corrected chi connectivity index (χ1v) is 11.9. The van der Waals surface area contributed by atoms with E-state index in [1.165, 1.54) is 0 Å². The maximum absolute atomic E-state index is 13.9. The molecule has 0 aliphatic carbocycles. The van der Waals surface area contributed by atoms with Crippen LogP contribution in [0.25, 0.3) is 16.6 Å². The SMILES string of the molecule is COc1ccc(CC(C(=O)c2ccc3c(c2)OCCO3)=C(C(=O)O)c2ccc3nsnc3c2)cc1C. The quantitative estimate of drug-likeness (QED) is 0.285. The van der Waals surface area contributed by atoms with Gasteiger partial charge >= 0.3 is 5.97 Å². The summed E-state index contributed by atoms with van der Waals surface area (Å²) in [7, 11) is 1.59. The van der Waals surface area contributed by atoms with Crippen molar-refractivity contribution in [3.63, 3.8) is 0 Å². The number of methoxy groups -OCH3 is 1. The molecule has 0 bridgehead atoms. The molecule has 0 unspecified atom stereocenters. The summed E-state index contributed by atoms with van der Waals surface area (Å²) >= 11 is 1.05. The van der Waals surface area contributed by atoms with Crippen molar-refractivity contribution in [2.75, 3.05) is 20.3 Å². The van der Waals surface area contributed by atoms with Crippen molar-refractivity contribution >= 4 is 40.1 Å². The molecule has 1 aliphatic rings. The maximum Gasteiger partial charge on any atom is 0.336 e. The second kappa shape index (κ2) is 9.79. The van der Waals surface area contributed by atoms with Gasteiger partial charge in [-0.1, -0.05) is 18.2 Å². The zero-order valence-corrected chi connectivity index (χ0v) is 20.4. The number of hydrogen-bond donors (Lipinski definition) is 1. The van der Waals surface area contributed by atoms with Crippen molar-refractivity contribution in [2.45, 2.75) is 13.3 Å². The van der Waals surface area contributed by atoms with Crippen LogP contribution in [0.4, 0.5) is 0 Å². The zero-order chi connectivity index (χ0) is 25.2. The normalized spacial score (nSPS) is 13.3. The summed E-state index contributed by atoms with van der Waals surface area (Å²) in [4.78, 5) is 26.5. The van der Waals surface area contributed by atoms with Gasteiger partial charge in [0.1, 0.15) is 30.0 Å². The molecule has 0 spiro atoms. The van der Waals surface area contributed by atoms with Crippen molar-refractivity contribution in [1.29, 1.82) is 0 Å². The van der Waals surface area contributed by atoms with E-state index in [1.54, 1.807) is 43.5 Å². The van der Waals surface area contributed by atoms with E-state index in [2.05, 4.69) is 8.75 Å². The molecule has 1 aromatic heterocycles. The van der Waals surface area contributed by atoms with E-state index >= 15 is 0 Å². The van der Waals surface area contributed by atoms with E-state index < -0.39 is 11.8 Å². The molecule has 8 nitrogen and oxygen atoms in total. The third-order valence-corrected chi connectivity index (χ3v) is 6.53. The van der Waals surface area contributed by atoms with E-state index in [0.29, 0.717) is 52.6 Å². The molecule has 9 heteroatoms.